The summed E-state index contributed by atoms with van der Waals surface area (Å²) in [5.41, 5.74) is 3.90. The predicted octanol–water partition coefficient (Wildman–Crippen LogP) is 4.59. The molecule has 0 spiro atoms. The zero-order valence-corrected chi connectivity index (χ0v) is 14.8. The lowest BCUT2D eigenvalue weighted by molar-refractivity contribution is 1.00. The van der Waals surface area contributed by atoms with E-state index in [0.29, 0.717) is 0 Å². The summed E-state index contributed by atoms with van der Waals surface area (Å²) in [5, 5.41) is 2.55. The summed E-state index contributed by atoms with van der Waals surface area (Å²) >= 11 is 1.79. The van der Waals surface area contributed by atoms with Gasteiger partial charge in [0.15, 0.2) is 0 Å². The largest absolute Gasteiger partial charge is 0.269 e. The third-order valence-electron chi connectivity index (χ3n) is 4.33. The molecule has 0 radical (unpaired) electrons. The van der Waals surface area contributed by atoms with Crippen molar-refractivity contribution < 1.29 is 0 Å². The van der Waals surface area contributed by atoms with Gasteiger partial charge in [-0.1, -0.05) is 48.5 Å². The molecule has 25 heavy (non-hydrogen) atoms. The first-order chi connectivity index (χ1) is 12.2. The first-order valence-electron chi connectivity index (χ1n) is 8.25. The minimum absolute atomic E-state index is 0.0190. The van der Waals surface area contributed by atoms with E-state index in [0.717, 1.165) is 28.4 Å². The molecule has 4 rings (SSSR count). The Bertz CT molecular complexity index is 1110. The predicted molar refractivity (Wildman–Crippen MR) is 105 cm³/mol. The summed E-state index contributed by atoms with van der Waals surface area (Å²) in [6, 6.07) is 20.3. The Hall–Kier alpha value is -2.59. The molecule has 0 bridgehead atoms. The number of rotatable bonds is 4. The number of hydrogen-bond donors (Lipinski definition) is 0. The number of aromatic nitrogens is 2. The molecular weight excluding hydrogens is 328 g/mol. The topological polar surface area (TPSA) is 34.4 Å². The van der Waals surface area contributed by atoms with Crippen molar-refractivity contribution in [2.45, 2.75) is 18.4 Å². The molecule has 0 saturated carbocycles. The van der Waals surface area contributed by atoms with E-state index in [1.807, 2.05) is 19.1 Å². The lowest BCUT2D eigenvalue weighted by Crippen LogP contribution is -2.15. The summed E-state index contributed by atoms with van der Waals surface area (Å²) in [5.74, 6) is 1.62. The van der Waals surface area contributed by atoms with Gasteiger partial charge in [-0.15, -0.1) is 0 Å². The number of fused-ring (bicyclic) bond motifs is 2. The second-order valence-electron chi connectivity index (χ2n) is 6.10. The number of aryl methyl sites for hydroxylation is 1. The van der Waals surface area contributed by atoms with Crippen LogP contribution in [0.1, 0.15) is 16.8 Å². The first-order valence-corrected chi connectivity index (χ1v) is 9.40. The van der Waals surface area contributed by atoms with Gasteiger partial charge in [0.25, 0.3) is 5.56 Å². The van der Waals surface area contributed by atoms with E-state index in [-0.39, 0.29) is 5.56 Å². The van der Waals surface area contributed by atoms with E-state index in [2.05, 4.69) is 47.4 Å². The van der Waals surface area contributed by atoms with Gasteiger partial charge in [-0.25, -0.2) is 4.98 Å². The fourth-order valence-electron chi connectivity index (χ4n) is 3.07. The van der Waals surface area contributed by atoms with E-state index in [1.165, 1.54) is 16.3 Å². The second-order valence-corrected chi connectivity index (χ2v) is 7.09. The highest BCUT2D eigenvalue weighted by atomic mass is 32.2. The molecule has 3 nitrogen and oxygen atoms in total. The van der Waals surface area contributed by atoms with Crippen molar-refractivity contribution in [2.75, 3.05) is 0 Å². The first kappa shape index (κ1) is 15.9. The molecule has 4 aromatic rings. The summed E-state index contributed by atoms with van der Waals surface area (Å²) < 4.78 is 1.61. The van der Waals surface area contributed by atoms with Crippen LogP contribution in [-0.2, 0) is 11.5 Å². The highest BCUT2D eigenvalue weighted by Gasteiger charge is 2.06. The van der Waals surface area contributed by atoms with Crippen LogP contribution in [-0.4, -0.2) is 9.38 Å². The normalized spacial score (nSPS) is 11.2. The maximum atomic E-state index is 12.3. The van der Waals surface area contributed by atoms with Crippen LogP contribution in [0.25, 0.3) is 16.4 Å². The van der Waals surface area contributed by atoms with E-state index < -0.39 is 0 Å². The molecule has 0 aliphatic rings. The Morgan fingerprint density at radius 2 is 1.84 bits per heavy atom. The van der Waals surface area contributed by atoms with E-state index in [4.69, 9.17) is 0 Å². The number of hydrogen-bond acceptors (Lipinski definition) is 3. The monoisotopic (exact) mass is 346 g/mol. The standard InChI is InChI=1S/C21H18N2OS/c1-15-6-5-11-23-20(24)12-18(22-21(15)23)14-25-13-17-9-4-8-16-7-2-3-10-19(16)17/h2-12H,13-14H2,1H3. The van der Waals surface area contributed by atoms with Crippen LogP contribution >= 0.6 is 11.8 Å². The fourth-order valence-corrected chi connectivity index (χ4v) is 4.00. The number of nitrogens with zero attached hydrogens (tertiary/aromatic N) is 2. The Balaban J connectivity index is 1.56. The lowest BCUT2D eigenvalue weighted by atomic mass is 10.1. The van der Waals surface area contributed by atoms with Gasteiger partial charge in [-0.2, -0.15) is 11.8 Å². The maximum Gasteiger partial charge on any atom is 0.258 e. The lowest BCUT2D eigenvalue weighted by Gasteiger charge is -2.08. The van der Waals surface area contributed by atoms with Gasteiger partial charge in [0.1, 0.15) is 5.65 Å². The average Bonchev–Trinajstić information content (AvgIpc) is 2.63. The molecule has 124 valence electrons. The fraction of sp³-hybridized carbons (Fsp3) is 0.143. The van der Waals surface area contributed by atoms with Crippen LogP contribution in [0.3, 0.4) is 0 Å². The van der Waals surface area contributed by atoms with Gasteiger partial charge in [0.2, 0.25) is 0 Å². The van der Waals surface area contributed by atoms with Crippen molar-refractivity contribution in [3.63, 3.8) is 0 Å². The number of thioether (sulfide) groups is 1. The minimum Gasteiger partial charge on any atom is -0.269 e. The number of pyridine rings is 1. The van der Waals surface area contributed by atoms with Gasteiger partial charge in [-0.05, 0) is 34.9 Å². The Morgan fingerprint density at radius 3 is 2.76 bits per heavy atom. The Labute approximate surface area is 150 Å². The Kier molecular flexibility index (Phi) is 4.28. The summed E-state index contributed by atoms with van der Waals surface area (Å²) in [7, 11) is 0. The molecule has 0 aliphatic carbocycles. The van der Waals surface area contributed by atoms with Gasteiger partial charge in [0.05, 0.1) is 5.69 Å². The third-order valence-corrected chi connectivity index (χ3v) is 5.34. The van der Waals surface area contributed by atoms with Crippen molar-refractivity contribution in [1.29, 1.82) is 0 Å². The van der Waals surface area contributed by atoms with E-state index in [9.17, 15) is 4.79 Å². The van der Waals surface area contributed by atoms with Gasteiger partial charge in [-0.3, -0.25) is 9.20 Å². The van der Waals surface area contributed by atoms with Crippen LogP contribution in [0.5, 0.6) is 0 Å². The molecule has 2 heterocycles. The zero-order chi connectivity index (χ0) is 17.2. The number of benzene rings is 2. The maximum absolute atomic E-state index is 12.3. The average molecular weight is 346 g/mol. The molecule has 0 fully saturated rings. The van der Waals surface area contributed by atoms with Crippen molar-refractivity contribution in [1.82, 2.24) is 9.38 Å². The van der Waals surface area contributed by atoms with Crippen molar-refractivity contribution >= 4 is 28.2 Å². The molecule has 0 unspecified atom stereocenters. The molecule has 0 atom stereocenters. The van der Waals surface area contributed by atoms with E-state index >= 15 is 0 Å². The minimum atomic E-state index is -0.0190. The second kappa shape index (κ2) is 6.73. The summed E-state index contributed by atoms with van der Waals surface area (Å²) in [4.78, 5) is 16.9. The van der Waals surface area contributed by atoms with Gasteiger partial charge >= 0.3 is 0 Å². The van der Waals surface area contributed by atoms with Crippen LogP contribution in [0.4, 0.5) is 0 Å². The van der Waals surface area contributed by atoms with Crippen molar-refractivity contribution in [3.8, 4) is 0 Å². The van der Waals surface area contributed by atoms with Gasteiger partial charge < -0.3 is 0 Å². The molecule has 4 heteroatoms. The molecule has 2 aromatic carbocycles. The molecule has 0 N–H and O–H groups in total. The molecule has 0 aliphatic heterocycles. The van der Waals surface area contributed by atoms with Crippen molar-refractivity contribution in [3.05, 3.63) is 94.0 Å². The van der Waals surface area contributed by atoms with Crippen LogP contribution in [0.15, 0.2) is 71.7 Å². The van der Waals surface area contributed by atoms with Crippen molar-refractivity contribution in [2.24, 2.45) is 0 Å². The zero-order valence-electron chi connectivity index (χ0n) is 14.0. The quantitative estimate of drug-likeness (QED) is 0.542. The summed E-state index contributed by atoms with van der Waals surface area (Å²) in [6.07, 6.45) is 1.77. The molecule has 2 aromatic heterocycles. The molecular formula is C21H18N2OS. The summed E-state index contributed by atoms with van der Waals surface area (Å²) in [6.45, 7) is 1.98. The highest BCUT2D eigenvalue weighted by molar-refractivity contribution is 7.97. The van der Waals surface area contributed by atoms with E-state index in [1.54, 1.807) is 28.4 Å². The van der Waals surface area contributed by atoms with Crippen LogP contribution < -0.4 is 5.56 Å². The smallest absolute Gasteiger partial charge is 0.258 e. The SMILES string of the molecule is Cc1cccn2c(=O)cc(CSCc3cccc4ccccc34)nc12. The highest BCUT2D eigenvalue weighted by Crippen LogP contribution is 2.24. The van der Waals surface area contributed by atoms with Crippen LogP contribution in [0.2, 0.25) is 0 Å². The third kappa shape index (κ3) is 3.17. The van der Waals surface area contributed by atoms with Crippen LogP contribution in [0, 0.1) is 6.92 Å². The molecule has 0 amide bonds. The van der Waals surface area contributed by atoms with Gasteiger partial charge in [0, 0.05) is 23.8 Å². The molecule has 0 saturated heterocycles. The Morgan fingerprint density at radius 1 is 1.00 bits per heavy atom.